The summed E-state index contributed by atoms with van der Waals surface area (Å²) in [6.45, 7) is 1.78. The number of carbonyl (C=O) groups excluding carboxylic acids is 4. The van der Waals surface area contributed by atoms with Gasteiger partial charge in [0.15, 0.2) is 0 Å². The first-order valence-corrected chi connectivity index (χ1v) is 8.14. The SMILES string of the molecule is CC(=O)NCC(=O)N[C@@H](CC(=O)O)C(=O)N[C@@H](C)C(=O)N[C@@H](CC(=O)O)C(=O)O. The maximum atomic E-state index is 12.2. The van der Waals surface area contributed by atoms with Crippen molar-refractivity contribution in [2.24, 2.45) is 0 Å². The first kappa shape index (κ1) is 25.3. The van der Waals surface area contributed by atoms with Crippen LogP contribution in [0.25, 0.3) is 0 Å². The predicted octanol–water partition coefficient (Wildman–Crippen LogP) is -3.37. The molecule has 0 aromatic heterocycles. The second-order valence-corrected chi connectivity index (χ2v) is 5.86. The van der Waals surface area contributed by atoms with Gasteiger partial charge in [-0.05, 0) is 6.92 Å². The van der Waals surface area contributed by atoms with Gasteiger partial charge in [0.25, 0.3) is 0 Å². The summed E-state index contributed by atoms with van der Waals surface area (Å²) in [5.74, 6) is -7.99. The van der Waals surface area contributed by atoms with Crippen LogP contribution in [0.5, 0.6) is 0 Å². The molecule has 0 fully saturated rings. The molecule has 14 heteroatoms. The Labute approximate surface area is 164 Å². The molecule has 29 heavy (non-hydrogen) atoms. The zero-order valence-electron chi connectivity index (χ0n) is 15.6. The molecule has 0 aromatic carbocycles. The van der Waals surface area contributed by atoms with Crippen molar-refractivity contribution in [3.63, 3.8) is 0 Å². The lowest BCUT2D eigenvalue weighted by molar-refractivity contribution is -0.147. The largest absolute Gasteiger partial charge is 0.481 e. The molecule has 0 saturated heterocycles. The van der Waals surface area contributed by atoms with Crippen LogP contribution in [0.15, 0.2) is 0 Å². The summed E-state index contributed by atoms with van der Waals surface area (Å²) in [4.78, 5) is 79.2. The number of hydrogen-bond donors (Lipinski definition) is 7. The summed E-state index contributed by atoms with van der Waals surface area (Å²) in [6.07, 6.45) is -1.73. The van der Waals surface area contributed by atoms with E-state index in [1.165, 1.54) is 0 Å². The predicted molar refractivity (Wildman–Crippen MR) is 92.3 cm³/mol. The molecular weight excluding hydrogens is 396 g/mol. The van der Waals surface area contributed by atoms with Crippen molar-refractivity contribution in [2.45, 2.75) is 44.8 Å². The van der Waals surface area contributed by atoms with E-state index in [1.54, 1.807) is 0 Å². The Hall–Kier alpha value is -3.71. The first-order chi connectivity index (χ1) is 13.3. The van der Waals surface area contributed by atoms with Crippen LogP contribution in [0.3, 0.4) is 0 Å². The van der Waals surface area contributed by atoms with E-state index in [-0.39, 0.29) is 0 Å². The van der Waals surface area contributed by atoms with Crippen molar-refractivity contribution >= 4 is 41.5 Å². The molecular formula is C15H22N4O10. The summed E-state index contributed by atoms with van der Waals surface area (Å²) in [5, 5.41) is 34.7. The number of carboxylic acid groups (broad SMARTS) is 3. The van der Waals surface area contributed by atoms with Crippen molar-refractivity contribution in [1.82, 2.24) is 21.3 Å². The zero-order valence-corrected chi connectivity index (χ0v) is 15.6. The summed E-state index contributed by atoms with van der Waals surface area (Å²) in [5.41, 5.74) is 0. The van der Waals surface area contributed by atoms with Crippen molar-refractivity contribution in [3.05, 3.63) is 0 Å². The normalized spacial score (nSPS) is 13.2. The van der Waals surface area contributed by atoms with Gasteiger partial charge >= 0.3 is 17.9 Å². The average molecular weight is 418 g/mol. The molecule has 0 unspecified atom stereocenters. The average Bonchev–Trinajstić information content (AvgIpc) is 2.57. The van der Waals surface area contributed by atoms with Crippen LogP contribution >= 0.6 is 0 Å². The number of carbonyl (C=O) groups is 7. The fraction of sp³-hybridized carbons (Fsp3) is 0.533. The fourth-order valence-corrected chi connectivity index (χ4v) is 1.88. The van der Waals surface area contributed by atoms with Gasteiger partial charge in [-0.25, -0.2) is 4.79 Å². The van der Waals surface area contributed by atoms with E-state index in [9.17, 15) is 33.6 Å². The van der Waals surface area contributed by atoms with E-state index < -0.39 is 79.0 Å². The van der Waals surface area contributed by atoms with Gasteiger partial charge in [-0.3, -0.25) is 28.8 Å². The van der Waals surface area contributed by atoms with Crippen molar-refractivity contribution in [1.29, 1.82) is 0 Å². The van der Waals surface area contributed by atoms with E-state index in [1.807, 2.05) is 5.32 Å². The van der Waals surface area contributed by atoms with Gasteiger partial charge in [0.05, 0.1) is 19.4 Å². The third-order valence-corrected chi connectivity index (χ3v) is 3.27. The monoisotopic (exact) mass is 418 g/mol. The van der Waals surface area contributed by atoms with Crippen LogP contribution in [0, 0.1) is 0 Å². The molecule has 3 atom stereocenters. The van der Waals surface area contributed by atoms with E-state index in [0.29, 0.717) is 0 Å². The van der Waals surface area contributed by atoms with Crippen LogP contribution in [0.4, 0.5) is 0 Å². The van der Waals surface area contributed by atoms with Gasteiger partial charge < -0.3 is 36.6 Å². The molecule has 162 valence electrons. The lowest BCUT2D eigenvalue weighted by atomic mass is 10.1. The van der Waals surface area contributed by atoms with Crippen LogP contribution in [0.1, 0.15) is 26.7 Å². The van der Waals surface area contributed by atoms with Crippen molar-refractivity contribution in [2.75, 3.05) is 6.54 Å². The third-order valence-electron chi connectivity index (χ3n) is 3.27. The standard InChI is InChI=1S/C15H22N4O10/c1-6(13(26)19-9(15(28)29)4-12(24)25)17-14(27)8(3-11(22)23)18-10(21)5-16-7(2)20/h6,8-9H,3-5H2,1-2H3,(H,16,20)(H,17,27)(H,18,21)(H,19,26)(H,22,23)(H,24,25)(H,28,29)/t6-,8-,9-/m0/s1. The second kappa shape index (κ2) is 11.9. The lowest BCUT2D eigenvalue weighted by Crippen LogP contribution is -2.56. The van der Waals surface area contributed by atoms with Crippen LogP contribution in [0.2, 0.25) is 0 Å². The molecule has 0 saturated carbocycles. The fourth-order valence-electron chi connectivity index (χ4n) is 1.88. The summed E-state index contributed by atoms with van der Waals surface area (Å²) < 4.78 is 0. The first-order valence-electron chi connectivity index (χ1n) is 8.14. The van der Waals surface area contributed by atoms with Crippen molar-refractivity contribution in [3.8, 4) is 0 Å². The Morgan fingerprint density at radius 3 is 1.72 bits per heavy atom. The minimum absolute atomic E-state index is 0.510. The Morgan fingerprint density at radius 1 is 0.759 bits per heavy atom. The molecule has 0 aliphatic rings. The van der Waals surface area contributed by atoms with Crippen LogP contribution in [-0.2, 0) is 33.6 Å². The number of carboxylic acids is 3. The van der Waals surface area contributed by atoms with Crippen LogP contribution < -0.4 is 21.3 Å². The summed E-state index contributed by atoms with van der Waals surface area (Å²) in [7, 11) is 0. The van der Waals surface area contributed by atoms with Gasteiger partial charge in [0.1, 0.15) is 18.1 Å². The molecule has 0 aromatic rings. The Morgan fingerprint density at radius 2 is 1.28 bits per heavy atom. The number of aliphatic carboxylic acids is 3. The number of amides is 4. The Balaban J connectivity index is 4.99. The van der Waals surface area contributed by atoms with E-state index in [4.69, 9.17) is 15.3 Å². The summed E-state index contributed by atoms with van der Waals surface area (Å²) >= 11 is 0. The molecule has 0 rings (SSSR count). The topological polar surface area (TPSA) is 228 Å². The van der Waals surface area contributed by atoms with Gasteiger partial charge in [-0.1, -0.05) is 0 Å². The molecule has 0 heterocycles. The van der Waals surface area contributed by atoms with Crippen molar-refractivity contribution < 1.29 is 48.9 Å². The van der Waals surface area contributed by atoms with Gasteiger partial charge in [-0.2, -0.15) is 0 Å². The minimum Gasteiger partial charge on any atom is -0.481 e. The van der Waals surface area contributed by atoms with Gasteiger partial charge in [0, 0.05) is 6.92 Å². The molecule has 7 N–H and O–H groups in total. The third kappa shape index (κ3) is 10.9. The smallest absolute Gasteiger partial charge is 0.326 e. The number of rotatable bonds is 12. The molecule has 4 amide bonds. The lowest BCUT2D eigenvalue weighted by Gasteiger charge is -2.21. The quantitative estimate of drug-likeness (QED) is 0.166. The highest BCUT2D eigenvalue weighted by molar-refractivity contribution is 5.95. The molecule has 0 aliphatic heterocycles. The Bertz CT molecular complexity index is 693. The molecule has 0 bridgehead atoms. The van der Waals surface area contributed by atoms with Gasteiger partial charge in [-0.15, -0.1) is 0 Å². The second-order valence-electron chi connectivity index (χ2n) is 5.86. The van der Waals surface area contributed by atoms with E-state index in [0.717, 1.165) is 13.8 Å². The molecule has 0 radical (unpaired) electrons. The highest BCUT2D eigenvalue weighted by Crippen LogP contribution is 1.98. The molecule has 0 spiro atoms. The molecule has 0 aliphatic carbocycles. The maximum absolute atomic E-state index is 12.2. The number of hydrogen-bond acceptors (Lipinski definition) is 7. The highest BCUT2D eigenvalue weighted by atomic mass is 16.4. The van der Waals surface area contributed by atoms with E-state index in [2.05, 4.69) is 16.0 Å². The summed E-state index contributed by atoms with van der Waals surface area (Å²) in [6, 6.07) is -4.70. The van der Waals surface area contributed by atoms with E-state index >= 15 is 0 Å². The molecule has 14 nitrogen and oxygen atoms in total. The van der Waals surface area contributed by atoms with Crippen LogP contribution in [-0.4, -0.2) is 81.5 Å². The highest BCUT2D eigenvalue weighted by Gasteiger charge is 2.29. The maximum Gasteiger partial charge on any atom is 0.326 e. The minimum atomic E-state index is -1.74. The Kier molecular flexibility index (Phi) is 10.4. The zero-order chi connectivity index (χ0) is 22.7. The van der Waals surface area contributed by atoms with Gasteiger partial charge in [0.2, 0.25) is 23.6 Å². The number of nitrogens with one attached hydrogen (secondary N) is 4.